The molecule has 0 unspecified atom stereocenters. The summed E-state index contributed by atoms with van der Waals surface area (Å²) in [5, 5.41) is 31.2. The summed E-state index contributed by atoms with van der Waals surface area (Å²) < 4.78 is 16.1. The Morgan fingerprint density at radius 3 is 1.18 bits per heavy atom. The number of ether oxygens (including phenoxy) is 3. The number of benzene rings is 6. The van der Waals surface area contributed by atoms with Gasteiger partial charge in [-0.05, 0) is 106 Å². The fourth-order valence-corrected chi connectivity index (χ4v) is 9.87. The van der Waals surface area contributed by atoms with Crippen molar-refractivity contribution in [3.05, 3.63) is 228 Å². The lowest BCUT2D eigenvalue weighted by atomic mass is 9.98. The van der Waals surface area contributed by atoms with E-state index in [2.05, 4.69) is 26.8 Å². The second-order valence-electron chi connectivity index (χ2n) is 19.0. The van der Waals surface area contributed by atoms with Gasteiger partial charge in [0.1, 0.15) is 0 Å². The number of esters is 3. The first-order valence-corrected chi connectivity index (χ1v) is 27.1. The van der Waals surface area contributed by atoms with Gasteiger partial charge in [0.25, 0.3) is 23.0 Å². The SMILES string of the molecule is [C-]#[N+]/C(C#N)=C1\c2cc(C(=O)OCCCC)ccc2-c2c(C(=O)OCCCC)cccc21.[C-]#[N+]/C(C#N)=C1\c2ccccc2-c2c(C(=O)NCCCC)cccc21.[C-]#[N+]/C(C#N)=C1\c2ccccc2-c2c(C(=O)OCCCC)cccc21. The van der Waals surface area contributed by atoms with Crippen molar-refractivity contribution in [3.63, 3.8) is 0 Å². The molecule has 0 aromatic heterocycles. The Morgan fingerprint density at radius 2 is 0.780 bits per heavy atom. The standard InChI is InChI=1S/C26H24N2O4.C21H17N3O.C21H16N2O2/c1-4-6-13-31-25(29)17-11-12-18-21(15-17)24(22(16-27)28-3)19-9-8-10-20(23(18)19)26(30)32-14-7-5-2;1-3-4-12-24-21(25)17-11-7-10-16-19(17)14-8-5-6-9-15(14)20(16)18(13-22)23-2;1-3-4-12-25-21(24)17-11-7-10-16-19(17)14-8-5-6-9-15(14)20(16)18(13-22)23-2/h8-12,15H,4-7,13-14H2,1-2H3;5-11H,3-4,12H2,1H3,(H,24,25);5-11H,3-4,12H2,1H3/b24-22-;2*20-18+. The highest BCUT2D eigenvalue weighted by Crippen LogP contribution is 2.50. The zero-order valence-electron chi connectivity index (χ0n) is 46.1. The molecule has 0 radical (unpaired) electrons. The number of hydrogen-bond acceptors (Lipinski definition) is 10. The third-order valence-corrected chi connectivity index (χ3v) is 13.8. The molecule has 3 aliphatic carbocycles. The third-order valence-electron chi connectivity index (χ3n) is 13.8. The van der Waals surface area contributed by atoms with E-state index in [0.717, 1.165) is 95.9 Å². The van der Waals surface area contributed by atoms with Gasteiger partial charge in [-0.15, -0.1) is 0 Å². The predicted octanol–water partition coefficient (Wildman–Crippen LogP) is 15.0. The molecule has 0 spiro atoms. The van der Waals surface area contributed by atoms with Crippen LogP contribution >= 0.6 is 0 Å². The molecule has 1 amide bonds. The van der Waals surface area contributed by atoms with Gasteiger partial charge in [0.15, 0.2) is 0 Å². The zero-order chi connectivity index (χ0) is 58.7. The first-order valence-electron chi connectivity index (χ1n) is 27.1. The third kappa shape index (κ3) is 12.3. The van der Waals surface area contributed by atoms with Crippen LogP contribution in [0.1, 0.15) is 154 Å². The molecule has 0 bridgehead atoms. The molecule has 3 aliphatic rings. The molecule has 0 saturated carbocycles. The van der Waals surface area contributed by atoms with Gasteiger partial charge in [-0.25, -0.2) is 44.7 Å². The maximum absolute atomic E-state index is 12.8. The normalized spacial score (nSPS) is 13.0. The molecule has 82 heavy (non-hydrogen) atoms. The van der Waals surface area contributed by atoms with E-state index >= 15 is 0 Å². The van der Waals surface area contributed by atoms with E-state index < -0.39 is 11.9 Å². The summed E-state index contributed by atoms with van der Waals surface area (Å²) >= 11 is 0. The number of nitrogens with one attached hydrogen (secondary N) is 1. The summed E-state index contributed by atoms with van der Waals surface area (Å²) in [5.74, 6) is -1.41. The smallest absolute Gasteiger partial charge is 0.338 e. The summed E-state index contributed by atoms with van der Waals surface area (Å²) in [7, 11) is 0. The summed E-state index contributed by atoms with van der Waals surface area (Å²) in [5.41, 5.74) is 12.3. The number of fused-ring (bicyclic) bond motifs is 9. The Hall–Kier alpha value is -10.6. The molecule has 0 heterocycles. The number of allylic oxidation sites excluding steroid dienone is 3. The second kappa shape index (κ2) is 28.3. The molecule has 14 heteroatoms. The minimum absolute atomic E-state index is 0.0303. The van der Waals surface area contributed by atoms with Crippen molar-refractivity contribution < 1.29 is 33.4 Å². The van der Waals surface area contributed by atoms with Crippen LogP contribution < -0.4 is 5.32 Å². The summed E-state index contributed by atoms with van der Waals surface area (Å²) in [6.07, 6.45) is 7.07. The highest BCUT2D eigenvalue weighted by atomic mass is 16.5. The van der Waals surface area contributed by atoms with E-state index in [1.54, 1.807) is 60.7 Å². The number of carbonyl (C=O) groups excluding carboxylic acids is 4. The molecule has 406 valence electrons. The first-order chi connectivity index (χ1) is 40.0. The van der Waals surface area contributed by atoms with Crippen LogP contribution in [0.2, 0.25) is 0 Å². The largest absolute Gasteiger partial charge is 0.462 e. The van der Waals surface area contributed by atoms with Crippen LogP contribution in [0, 0.1) is 53.7 Å². The Labute approximate surface area is 478 Å². The number of unbranched alkanes of at least 4 members (excludes halogenated alkanes) is 4. The summed E-state index contributed by atoms with van der Waals surface area (Å²) in [6, 6.07) is 42.0. The number of amides is 1. The van der Waals surface area contributed by atoms with Crippen LogP contribution in [0.3, 0.4) is 0 Å². The van der Waals surface area contributed by atoms with Crippen LogP contribution in [0.25, 0.3) is 64.6 Å². The van der Waals surface area contributed by atoms with Crippen LogP contribution in [0.4, 0.5) is 0 Å². The van der Waals surface area contributed by atoms with Crippen molar-refractivity contribution in [1.82, 2.24) is 5.32 Å². The first kappa shape index (κ1) is 59.0. The molecular weight excluding hydrogens is 1030 g/mol. The molecule has 0 atom stereocenters. The number of nitrogens with zero attached hydrogens (tertiary/aromatic N) is 6. The van der Waals surface area contributed by atoms with E-state index in [1.165, 1.54) is 0 Å². The fourth-order valence-electron chi connectivity index (χ4n) is 9.87. The lowest BCUT2D eigenvalue weighted by molar-refractivity contribution is 0.0490. The van der Waals surface area contributed by atoms with Gasteiger partial charge in [-0.3, -0.25) is 4.79 Å². The minimum atomic E-state index is -0.461. The average molecular weight is 1080 g/mol. The van der Waals surface area contributed by atoms with Gasteiger partial charge >= 0.3 is 17.9 Å². The van der Waals surface area contributed by atoms with E-state index in [4.69, 9.17) is 33.9 Å². The lowest BCUT2D eigenvalue weighted by Gasteiger charge is -2.10. The van der Waals surface area contributed by atoms with Gasteiger partial charge in [-0.1, -0.05) is 144 Å². The summed E-state index contributed by atoms with van der Waals surface area (Å²) in [6.45, 7) is 31.9. The van der Waals surface area contributed by atoms with Crippen LogP contribution in [-0.4, -0.2) is 50.2 Å². The number of rotatable bonds is 16. The van der Waals surface area contributed by atoms with Crippen molar-refractivity contribution in [2.24, 2.45) is 0 Å². The molecule has 6 aromatic carbocycles. The predicted molar refractivity (Wildman–Crippen MR) is 313 cm³/mol. The molecule has 6 aromatic rings. The highest BCUT2D eigenvalue weighted by Gasteiger charge is 2.34. The van der Waals surface area contributed by atoms with Crippen molar-refractivity contribution in [1.29, 1.82) is 15.8 Å². The van der Waals surface area contributed by atoms with Crippen molar-refractivity contribution in [2.45, 2.75) is 79.1 Å². The van der Waals surface area contributed by atoms with E-state index in [1.807, 2.05) is 99.6 Å². The van der Waals surface area contributed by atoms with Crippen LogP contribution in [0.15, 0.2) is 138 Å². The van der Waals surface area contributed by atoms with Gasteiger partial charge in [-0.2, -0.15) is 0 Å². The lowest BCUT2D eigenvalue weighted by Crippen LogP contribution is -2.24. The fraction of sp³-hybridized carbons (Fsp3) is 0.235. The van der Waals surface area contributed by atoms with E-state index in [0.29, 0.717) is 87.6 Å². The van der Waals surface area contributed by atoms with Gasteiger partial charge < -0.3 is 19.5 Å². The molecule has 1 N–H and O–H groups in total. The second-order valence-corrected chi connectivity index (χ2v) is 19.0. The zero-order valence-corrected chi connectivity index (χ0v) is 46.1. The maximum Gasteiger partial charge on any atom is 0.338 e. The van der Waals surface area contributed by atoms with Gasteiger partial charge in [0.2, 0.25) is 0 Å². The van der Waals surface area contributed by atoms with Crippen molar-refractivity contribution >= 4 is 40.5 Å². The van der Waals surface area contributed by atoms with E-state index in [9.17, 15) is 35.0 Å². The minimum Gasteiger partial charge on any atom is -0.462 e. The molecule has 0 aliphatic heterocycles. The maximum atomic E-state index is 12.8. The number of carbonyl (C=O) groups is 4. The molecule has 9 rings (SSSR count). The molecule has 14 nitrogen and oxygen atoms in total. The van der Waals surface area contributed by atoms with Gasteiger partial charge in [0, 0.05) is 45.5 Å². The van der Waals surface area contributed by atoms with E-state index in [-0.39, 0.29) is 29.0 Å². The number of hydrogen-bond donors (Lipinski definition) is 1. The average Bonchev–Trinajstić information content (AvgIpc) is 4.37. The monoisotopic (exact) mass is 1080 g/mol. The summed E-state index contributed by atoms with van der Waals surface area (Å²) in [4.78, 5) is 60.6. The Bertz CT molecular complexity index is 3670. The molecule has 0 saturated heterocycles. The van der Waals surface area contributed by atoms with Crippen molar-refractivity contribution in [3.8, 4) is 51.6 Å². The number of nitriles is 3. The highest BCUT2D eigenvalue weighted by molar-refractivity contribution is 6.13. The Balaban J connectivity index is 0.000000179. The molecular formula is C68H57N7O7. The van der Waals surface area contributed by atoms with Gasteiger partial charge in [0.05, 0.1) is 74.4 Å². The van der Waals surface area contributed by atoms with Crippen molar-refractivity contribution in [2.75, 3.05) is 26.4 Å². The Morgan fingerprint density at radius 1 is 0.427 bits per heavy atom. The quantitative estimate of drug-likeness (QED) is 0.0320. The molecule has 0 fully saturated rings. The van der Waals surface area contributed by atoms with Crippen LogP contribution in [0.5, 0.6) is 0 Å². The topological polar surface area (TPSA) is 192 Å². The van der Waals surface area contributed by atoms with Crippen LogP contribution in [-0.2, 0) is 14.2 Å². The Kier molecular flexibility index (Phi) is 20.4.